The van der Waals surface area contributed by atoms with E-state index in [1.165, 1.54) is 6.42 Å². The molecule has 0 saturated carbocycles. The molecule has 1 aromatic heterocycles. The maximum Gasteiger partial charge on any atom is 0.183 e. The van der Waals surface area contributed by atoms with Crippen molar-refractivity contribution in [1.82, 2.24) is 4.98 Å². The topological polar surface area (TPSA) is 60.2 Å². The monoisotopic (exact) mass is 265 g/mol. The molecule has 0 bridgehead atoms. The van der Waals surface area contributed by atoms with Gasteiger partial charge in [0.2, 0.25) is 0 Å². The maximum atomic E-state index is 5.74. The zero-order chi connectivity index (χ0) is 12.8. The van der Waals surface area contributed by atoms with Gasteiger partial charge in [0.1, 0.15) is 0 Å². The highest BCUT2D eigenvalue weighted by atomic mass is 32.1. The van der Waals surface area contributed by atoms with Crippen LogP contribution in [0.1, 0.15) is 19.8 Å². The average molecular weight is 265 g/mol. The van der Waals surface area contributed by atoms with Crippen molar-refractivity contribution in [2.24, 2.45) is 0 Å². The van der Waals surface area contributed by atoms with Crippen LogP contribution in [0.4, 0.5) is 10.8 Å². The van der Waals surface area contributed by atoms with E-state index in [9.17, 15) is 0 Å². The molecular weight excluding hydrogens is 246 g/mol. The van der Waals surface area contributed by atoms with Gasteiger partial charge in [0.25, 0.3) is 0 Å². The Hall–Kier alpha value is -1.33. The summed E-state index contributed by atoms with van der Waals surface area (Å²) < 4.78 is 6.60. The summed E-state index contributed by atoms with van der Waals surface area (Å²) in [7, 11) is 0. The van der Waals surface area contributed by atoms with E-state index in [4.69, 9.17) is 10.5 Å². The third-order valence-corrected chi connectivity index (χ3v) is 3.55. The third-order valence-electron chi connectivity index (χ3n) is 2.58. The molecule has 0 aliphatic rings. The number of nitrogens with two attached hydrogens (primary N) is 1. The van der Waals surface area contributed by atoms with Crippen molar-refractivity contribution in [3.8, 4) is 0 Å². The molecule has 2 aromatic rings. The van der Waals surface area contributed by atoms with Gasteiger partial charge in [-0.25, -0.2) is 4.98 Å². The first kappa shape index (κ1) is 13.1. The molecule has 0 unspecified atom stereocenters. The summed E-state index contributed by atoms with van der Waals surface area (Å²) in [5.41, 5.74) is 7.51. The lowest BCUT2D eigenvalue weighted by molar-refractivity contribution is 0.141. The zero-order valence-electron chi connectivity index (χ0n) is 10.6. The largest absolute Gasteiger partial charge is 0.399 e. The van der Waals surface area contributed by atoms with E-state index in [0.29, 0.717) is 0 Å². The average Bonchev–Trinajstić information content (AvgIpc) is 2.75. The van der Waals surface area contributed by atoms with Crippen molar-refractivity contribution in [3.05, 3.63) is 18.2 Å². The quantitative estimate of drug-likeness (QED) is 0.596. The Labute approximate surface area is 111 Å². The van der Waals surface area contributed by atoms with Crippen LogP contribution >= 0.6 is 11.3 Å². The van der Waals surface area contributed by atoms with Crippen molar-refractivity contribution in [1.29, 1.82) is 0 Å². The number of nitrogen functional groups attached to an aromatic ring is 1. The van der Waals surface area contributed by atoms with Gasteiger partial charge in [-0.2, -0.15) is 0 Å². The van der Waals surface area contributed by atoms with Gasteiger partial charge >= 0.3 is 0 Å². The van der Waals surface area contributed by atoms with Crippen LogP contribution in [0.3, 0.4) is 0 Å². The summed E-state index contributed by atoms with van der Waals surface area (Å²) in [6.45, 7) is 4.51. The fourth-order valence-electron chi connectivity index (χ4n) is 1.60. The lowest BCUT2D eigenvalue weighted by Crippen LogP contribution is -2.09. The summed E-state index contributed by atoms with van der Waals surface area (Å²) in [4.78, 5) is 4.48. The number of hydrogen-bond donors (Lipinski definition) is 2. The van der Waals surface area contributed by atoms with E-state index >= 15 is 0 Å². The summed E-state index contributed by atoms with van der Waals surface area (Å²) in [6, 6.07) is 5.78. The molecule has 0 amide bonds. The van der Waals surface area contributed by atoms with Gasteiger partial charge in [0, 0.05) is 18.8 Å². The number of ether oxygens (including phenoxy) is 1. The first-order valence-electron chi connectivity index (χ1n) is 6.27. The number of unbranched alkanes of at least 4 members (excludes halogenated alkanes) is 1. The summed E-state index contributed by atoms with van der Waals surface area (Å²) in [5, 5.41) is 4.20. The Balaban J connectivity index is 1.81. The number of aromatic nitrogens is 1. The van der Waals surface area contributed by atoms with Gasteiger partial charge in [0.05, 0.1) is 16.8 Å². The first-order chi connectivity index (χ1) is 8.79. The molecule has 3 N–H and O–H groups in total. The highest BCUT2D eigenvalue weighted by Crippen LogP contribution is 2.27. The van der Waals surface area contributed by atoms with Crippen LogP contribution in [-0.4, -0.2) is 24.7 Å². The van der Waals surface area contributed by atoms with E-state index < -0.39 is 0 Å². The van der Waals surface area contributed by atoms with Gasteiger partial charge in [-0.05, 0) is 24.6 Å². The first-order valence-corrected chi connectivity index (χ1v) is 7.09. The molecule has 0 fully saturated rings. The fourth-order valence-corrected chi connectivity index (χ4v) is 2.54. The summed E-state index contributed by atoms with van der Waals surface area (Å²) in [6.07, 6.45) is 2.30. The third kappa shape index (κ3) is 3.58. The summed E-state index contributed by atoms with van der Waals surface area (Å²) >= 11 is 1.62. The van der Waals surface area contributed by atoms with Crippen LogP contribution in [0.2, 0.25) is 0 Å². The molecule has 18 heavy (non-hydrogen) atoms. The lowest BCUT2D eigenvalue weighted by atomic mass is 10.3. The molecular formula is C13H19N3OS. The van der Waals surface area contributed by atoms with Crippen LogP contribution in [0.15, 0.2) is 18.2 Å². The number of nitrogens with one attached hydrogen (secondary N) is 1. The molecule has 98 valence electrons. The SMILES string of the molecule is CCCCOCCNc1nc2ccc(N)cc2s1. The smallest absolute Gasteiger partial charge is 0.183 e. The molecule has 0 spiro atoms. The minimum Gasteiger partial charge on any atom is -0.399 e. The van der Waals surface area contributed by atoms with Crippen LogP contribution in [-0.2, 0) is 4.74 Å². The van der Waals surface area contributed by atoms with E-state index in [1.807, 2.05) is 18.2 Å². The van der Waals surface area contributed by atoms with Gasteiger partial charge in [0.15, 0.2) is 5.13 Å². The number of fused-ring (bicyclic) bond motifs is 1. The number of hydrogen-bond acceptors (Lipinski definition) is 5. The predicted octanol–water partition coefficient (Wildman–Crippen LogP) is 3.11. The molecule has 0 saturated heterocycles. The van der Waals surface area contributed by atoms with E-state index in [0.717, 1.165) is 47.2 Å². The molecule has 0 aliphatic heterocycles. The van der Waals surface area contributed by atoms with Crippen LogP contribution in [0, 0.1) is 0 Å². The van der Waals surface area contributed by atoms with Crippen LogP contribution in [0.5, 0.6) is 0 Å². The van der Waals surface area contributed by atoms with E-state index in [1.54, 1.807) is 11.3 Å². The summed E-state index contributed by atoms with van der Waals surface area (Å²) in [5.74, 6) is 0. The van der Waals surface area contributed by atoms with Crippen molar-refractivity contribution in [2.45, 2.75) is 19.8 Å². The van der Waals surface area contributed by atoms with Crippen LogP contribution < -0.4 is 11.1 Å². The Morgan fingerprint density at radius 2 is 2.28 bits per heavy atom. The van der Waals surface area contributed by atoms with Crippen molar-refractivity contribution in [3.63, 3.8) is 0 Å². The number of nitrogens with zero attached hydrogens (tertiary/aromatic N) is 1. The molecule has 5 heteroatoms. The van der Waals surface area contributed by atoms with Crippen molar-refractivity contribution < 1.29 is 4.74 Å². The zero-order valence-corrected chi connectivity index (χ0v) is 11.4. The molecule has 1 heterocycles. The van der Waals surface area contributed by atoms with E-state index in [2.05, 4.69) is 17.2 Å². The second kappa shape index (κ2) is 6.56. The molecule has 2 rings (SSSR count). The van der Waals surface area contributed by atoms with Gasteiger partial charge in [-0.15, -0.1) is 0 Å². The molecule has 4 nitrogen and oxygen atoms in total. The number of rotatable bonds is 7. The van der Waals surface area contributed by atoms with Crippen molar-refractivity contribution >= 4 is 32.4 Å². The minimum atomic E-state index is 0.720. The Morgan fingerprint density at radius 3 is 3.11 bits per heavy atom. The highest BCUT2D eigenvalue weighted by molar-refractivity contribution is 7.22. The highest BCUT2D eigenvalue weighted by Gasteiger charge is 2.03. The van der Waals surface area contributed by atoms with Gasteiger partial charge in [-0.3, -0.25) is 0 Å². The molecule has 0 radical (unpaired) electrons. The minimum absolute atomic E-state index is 0.720. The standard InChI is InChI=1S/C13H19N3OS/c1-2-3-7-17-8-6-15-13-16-11-5-4-10(14)9-12(11)18-13/h4-5,9H,2-3,6-8,14H2,1H3,(H,15,16). The predicted molar refractivity (Wildman–Crippen MR) is 78.2 cm³/mol. The molecule has 0 aliphatic carbocycles. The second-order valence-electron chi connectivity index (χ2n) is 4.14. The van der Waals surface area contributed by atoms with Crippen LogP contribution in [0.25, 0.3) is 10.2 Å². The van der Waals surface area contributed by atoms with Crippen molar-refractivity contribution in [2.75, 3.05) is 30.8 Å². The lowest BCUT2D eigenvalue weighted by Gasteiger charge is -2.03. The Kier molecular flexibility index (Phi) is 4.78. The van der Waals surface area contributed by atoms with Gasteiger partial charge < -0.3 is 15.8 Å². The fraction of sp³-hybridized carbons (Fsp3) is 0.462. The maximum absolute atomic E-state index is 5.74. The number of benzene rings is 1. The molecule has 1 aromatic carbocycles. The number of anilines is 2. The molecule has 0 atom stereocenters. The van der Waals surface area contributed by atoms with Gasteiger partial charge in [-0.1, -0.05) is 24.7 Å². The normalized spacial score (nSPS) is 10.9. The number of thiazole rings is 1. The second-order valence-corrected chi connectivity index (χ2v) is 5.17. The van der Waals surface area contributed by atoms with E-state index in [-0.39, 0.29) is 0 Å². The Bertz CT molecular complexity index is 498. The Morgan fingerprint density at radius 1 is 1.39 bits per heavy atom.